The van der Waals surface area contributed by atoms with Gasteiger partial charge in [-0.1, -0.05) is 0 Å². The van der Waals surface area contributed by atoms with Gasteiger partial charge in [-0.2, -0.15) is 5.10 Å². The Kier molecular flexibility index (Phi) is 1.94. The molecule has 1 aromatic rings. The fourth-order valence-corrected chi connectivity index (χ4v) is 1.67. The van der Waals surface area contributed by atoms with Crippen LogP contribution in [0.1, 0.15) is 31.7 Å². The molecule has 0 bridgehead atoms. The van der Waals surface area contributed by atoms with Crippen molar-refractivity contribution in [2.75, 3.05) is 5.32 Å². The number of rotatable bonds is 2. The number of hydrogen-bond acceptors (Lipinski definition) is 3. The summed E-state index contributed by atoms with van der Waals surface area (Å²) in [5, 5.41) is 11.4. The van der Waals surface area contributed by atoms with E-state index in [1.54, 1.807) is 6.20 Å². The lowest BCUT2D eigenvalue weighted by Gasteiger charge is -2.39. The molecule has 0 atom stereocenters. The summed E-state index contributed by atoms with van der Waals surface area (Å²) in [4.78, 5) is 0. The molecule has 3 heteroatoms. The highest BCUT2D eigenvalue weighted by Crippen LogP contribution is 2.33. The second-order valence-corrected chi connectivity index (χ2v) is 4.16. The molecule has 0 saturated heterocycles. The molecule has 1 saturated carbocycles. The van der Waals surface area contributed by atoms with E-state index in [9.17, 15) is 0 Å². The van der Waals surface area contributed by atoms with E-state index < -0.39 is 0 Å². The Hall–Kier alpha value is -1.12. The number of nitrogens with one attached hydrogen (secondary N) is 1. The Balaban J connectivity index is 2.09. The smallest absolute Gasteiger partial charge is 0.149 e. The van der Waals surface area contributed by atoms with Crippen LogP contribution in [-0.4, -0.2) is 15.7 Å². The average Bonchev–Trinajstić information content (AvgIpc) is 2.01. The second kappa shape index (κ2) is 2.98. The number of nitrogens with zero attached hydrogens (tertiary/aromatic N) is 2. The SMILES string of the molecule is Cc1cnnc(NC2(C)CCC2)c1. The molecule has 13 heavy (non-hydrogen) atoms. The molecule has 1 aromatic heterocycles. The number of aryl methyl sites for hydroxylation is 1. The standard InChI is InChI=1S/C10H15N3/c1-8-6-9(13-11-7-8)12-10(2)4-3-5-10/h6-7H,3-5H2,1-2H3,(H,12,13). The summed E-state index contributed by atoms with van der Waals surface area (Å²) in [7, 11) is 0. The van der Waals surface area contributed by atoms with Crippen molar-refractivity contribution in [2.45, 2.75) is 38.6 Å². The van der Waals surface area contributed by atoms with Crippen molar-refractivity contribution in [2.24, 2.45) is 0 Å². The summed E-state index contributed by atoms with van der Waals surface area (Å²) in [5.74, 6) is 0.905. The first kappa shape index (κ1) is 8.48. The van der Waals surface area contributed by atoms with Crippen molar-refractivity contribution in [3.05, 3.63) is 17.8 Å². The number of hydrogen-bond donors (Lipinski definition) is 1. The van der Waals surface area contributed by atoms with E-state index in [1.165, 1.54) is 19.3 Å². The zero-order valence-corrected chi connectivity index (χ0v) is 8.17. The van der Waals surface area contributed by atoms with Crippen LogP contribution in [0.4, 0.5) is 5.82 Å². The molecule has 70 valence electrons. The van der Waals surface area contributed by atoms with E-state index in [1.807, 2.05) is 13.0 Å². The van der Waals surface area contributed by atoms with Crippen LogP contribution in [0.15, 0.2) is 12.3 Å². The van der Waals surface area contributed by atoms with Crippen molar-refractivity contribution < 1.29 is 0 Å². The third-order valence-electron chi connectivity index (χ3n) is 2.68. The van der Waals surface area contributed by atoms with Crippen molar-refractivity contribution in [1.82, 2.24) is 10.2 Å². The fraction of sp³-hybridized carbons (Fsp3) is 0.600. The van der Waals surface area contributed by atoms with Gasteiger partial charge < -0.3 is 5.32 Å². The monoisotopic (exact) mass is 177 g/mol. The Labute approximate surface area is 78.6 Å². The lowest BCUT2D eigenvalue weighted by Crippen LogP contribution is -2.41. The summed E-state index contributed by atoms with van der Waals surface area (Å²) in [6, 6.07) is 2.04. The van der Waals surface area contributed by atoms with Crippen LogP contribution < -0.4 is 5.32 Å². The number of aromatic nitrogens is 2. The Bertz CT molecular complexity index is 305. The van der Waals surface area contributed by atoms with Gasteiger partial charge in [0.15, 0.2) is 0 Å². The molecule has 0 spiro atoms. The van der Waals surface area contributed by atoms with Crippen LogP contribution in [0.5, 0.6) is 0 Å². The largest absolute Gasteiger partial charge is 0.363 e. The van der Waals surface area contributed by atoms with E-state index in [0.29, 0.717) is 0 Å². The van der Waals surface area contributed by atoms with Gasteiger partial charge in [0.25, 0.3) is 0 Å². The first-order valence-corrected chi connectivity index (χ1v) is 4.75. The molecular formula is C10H15N3. The van der Waals surface area contributed by atoms with Gasteiger partial charge >= 0.3 is 0 Å². The quantitative estimate of drug-likeness (QED) is 0.752. The minimum atomic E-state index is 0.266. The molecule has 1 fully saturated rings. The minimum absolute atomic E-state index is 0.266. The molecule has 0 aromatic carbocycles. The maximum atomic E-state index is 4.05. The molecule has 0 unspecified atom stereocenters. The predicted molar refractivity (Wildman–Crippen MR) is 52.6 cm³/mol. The molecule has 1 heterocycles. The lowest BCUT2D eigenvalue weighted by atomic mass is 9.78. The number of anilines is 1. The van der Waals surface area contributed by atoms with Crippen molar-refractivity contribution in [3.63, 3.8) is 0 Å². The third kappa shape index (κ3) is 1.79. The highest BCUT2D eigenvalue weighted by atomic mass is 15.2. The first-order chi connectivity index (χ1) is 6.18. The minimum Gasteiger partial charge on any atom is -0.363 e. The first-order valence-electron chi connectivity index (χ1n) is 4.75. The lowest BCUT2D eigenvalue weighted by molar-refractivity contribution is 0.305. The van der Waals surface area contributed by atoms with Crippen LogP contribution >= 0.6 is 0 Å². The summed E-state index contributed by atoms with van der Waals surface area (Å²) < 4.78 is 0. The van der Waals surface area contributed by atoms with Crippen LogP contribution in [0, 0.1) is 6.92 Å². The van der Waals surface area contributed by atoms with E-state index >= 15 is 0 Å². The molecule has 0 radical (unpaired) electrons. The molecule has 1 N–H and O–H groups in total. The van der Waals surface area contributed by atoms with E-state index in [0.717, 1.165) is 11.4 Å². The van der Waals surface area contributed by atoms with Crippen molar-refractivity contribution in [3.8, 4) is 0 Å². The Morgan fingerprint density at radius 3 is 2.77 bits per heavy atom. The van der Waals surface area contributed by atoms with Crippen molar-refractivity contribution >= 4 is 5.82 Å². The van der Waals surface area contributed by atoms with Gasteiger partial charge in [0.05, 0.1) is 6.20 Å². The summed E-state index contributed by atoms with van der Waals surface area (Å²) >= 11 is 0. The van der Waals surface area contributed by atoms with Crippen LogP contribution in [0.25, 0.3) is 0 Å². The van der Waals surface area contributed by atoms with Gasteiger partial charge in [-0.05, 0) is 44.7 Å². The molecule has 1 aliphatic rings. The Morgan fingerprint density at radius 1 is 1.46 bits per heavy atom. The highest BCUT2D eigenvalue weighted by molar-refractivity contribution is 5.38. The van der Waals surface area contributed by atoms with E-state index in [-0.39, 0.29) is 5.54 Å². The summed E-state index contributed by atoms with van der Waals surface area (Å²) in [5.41, 5.74) is 1.42. The summed E-state index contributed by atoms with van der Waals surface area (Å²) in [6.07, 6.45) is 5.57. The van der Waals surface area contributed by atoms with E-state index in [4.69, 9.17) is 0 Å². The third-order valence-corrected chi connectivity index (χ3v) is 2.68. The van der Waals surface area contributed by atoms with Gasteiger partial charge in [-0.25, -0.2) is 0 Å². The molecule has 3 nitrogen and oxygen atoms in total. The van der Waals surface area contributed by atoms with Gasteiger partial charge in [0, 0.05) is 5.54 Å². The van der Waals surface area contributed by atoms with Gasteiger partial charge in [0.1, 0.15) is 5.82 Å². The predicted octanol–water partition coefficient (Wildman–Crippen LogP) is 2.14. The second-order valence-electron chi connectivity index (χ2n) is 4.16. The maximum absolute atomic E-state index is 4.05. The molecular weight excluding hydrogens is 162 g/mol. The molecule has 0 amide bonds. The van der Waals surface area contributed by atoms with Crippen LogP contribution in [0.3, 0.4) is 0 Å². The topological polar surface area (TPSA) is 37.8 Å². The van der Waals surface area contributed by atoms with Gasteiger partial charge in [-0.15, -0.1) is 5.10 Å². The molecule has 2 rings (SSSR count). The normalized spacial score (nSPS) is 19.2. The van der Waals surface area contributed by atoms with Crippen LogP contribution in [-0.2, 0) is 0 Å². The molecule has 0 aliphatic heterocycles. The average molecular weight is 177 g/mol. The highest BCUT2D eigenvalue weighted by Gasteiger charge is 2.31. The summed E-state index contributed by atoms with van der Waals surface area (Å²) in [6.45, 7) is 4.27. The van der Waals surface area contributed by atoms with Gasteiger partial charge in [-0.3, -0.25) is 0 Å². The van der Waals surface area contributed by atoms with Crippen molar-refractivity contribution in [1.29, 1.82) is 0 Å². The zero-order valence-electron chi connectivity index (χ0n) is 8.17. The van der Waals surface area contributed by atoms with E-state index in [2.05, 4.69) is 22.4 Å². The fourth-order valence-electron chi connectivity index (χ4n) is 1.67. The molecule has 1 aliphatic carbocycles. The Morgan fingerprint density at radius 2 is 2.23 bits per heavy atom. The maximum Gasteiger partial charge on any atom is 0.149 e. The van der Waals surface area contributed by atoms with Crippen LogP contribution in [0.2, 0.25) is 0 Å². The van der Waals surface area contributed by atoms with Gasteiger partial charge in [0.2, 0.25) is 0 Å². The zero-order chi connectivity index (χ0) is 9.31.